The zero-order chi connectivity index (χ0) is 33.0. The van der Waals surface area contributed by atoms with E-state index >= 15 is 0 Å². The first kappa shape index (κ1) is 29.9. The van der Waals surface area contributed by atoms with Crippen molar-refractivity contribution in [2.45, 2.75) is 0 Å². The molecule has 7 rings (SSSR count). The number of carbonyl (C=O) groups excluding carboxylic acids is 2. The summed E-state index contributed by atoms with van der Waals surface area (Å²) in [5.74, 6) is -0.990. The van der Waals surface area contributed by atoms with Gasteiger partial charge in [0.25, 0.3) is 23.1 Å². The normalized spacial score (nSPS) is 11.5. The Bertz CT molecular complexity index is 2190. The molecule has 5 heterocycles. The third-order valence-electron chi connectivity index (χ3n) is 8.10. The monoisotopic (exact) mass is 633 g/mol. The molecule has 11 heteroatoms. The van der Waals surface area contributed by atoms with Crippen LogP contribution in [0.3, 0.4) is 0 Å². The van der Waals surface area contributed by atoms with Gasteiger partial charge in [0.15, 0.2) is 11.4 Å². The molecule has 0 aliphatic rings. The molecule has 11 nitrogen and oxygen atoms in total. The molecular formula is C37H31N9O2+2. The van der Waals surface area contributed by atoms with Crippen LogP contribution in [0, 0.1) is 0 Å². The summed E-state index contributed by atoms with van der Waals surface area (Å²) in [7, 11) is 4.06. The lowest BCUT2D eigenvalue weighted by Gasteiger charge is -2.03. The van der Waals surface area contributed by atoms with Crippen molar-refractivity contribution >= 4 is 35.5 Å². The van der Waals surface area contributed by atoms with Crippen molar-refractivity contribution in [3.63, 3.8) is 0 Å². The summed E-state index contributed by atoms with van der Waals surface area (Å²) in [5.41, 5.74) is 13.4. The SMILES string of the molecule is C[n+]1c(-c2ccc(/C=N\NC(=O)c3cncc(C(=O)N/N=C\c4ccc(-c5cn6ccccc6[n+]5C)cc4)c3)cc2)cn2ccccc21. The molecule has 0 aliphatic carbocycles. The summed E-state index contributed by atoms with van der Waals surface area (Å²) < 4.78 is 8.41. The smallest absolute Gasteiger partial charge is 0.267 e. The van der Waals surface area contributed by atoms with Crippen LogP contribution in [0.4, 0.5) is 0 Å². The number of aromatic nitrogens is 5. The molecule has 0 spiro atoms. The second kappa shape index (κ2) is 12.9. The number of rotatable bonds is 8. The number of pyridine rings is 3. The number of imidazole rings is 2. The molecule has 2 amide bonds. The van der Waals surface area contributed by atoms with Crippen LogP contribution >= 0.6 is 0 Å². The highest BCUT2D eigenvalue weighted by Crippen LogP contribution is 2.19. The van der Waals surface area contributed by atoms with Crippen LogP contribution in [0.2, 0.25) is 0 Å². The molecule has 234 valence electrons. The molecular weight excluding hydrogens is 602 g/mol. The van der Waals surface area contributed by atoms with Crippen molar-refractivity contribution in [3.8, 4) is 22.5 Å². The summed E-state index contributed by atoms with van der Waals surface area (Å²) in [6.07, 6.45) is 14.1. The van der Waals surface area contributed by atoms with E-state index in [0.29, 0.717) is 0 Å². The Kier molecular flexibility index (Phi) is 8.06. The van der Waals surface area contributed by atoms with E-state index in [-0.39, 0.29) is 11.1 Å². The van der Waals surface area contributed by atoms with Gasteiger partial charge in [0.2, 0.25) is 0 Å². The summed E-state index contributed by atoms with van der Waals surface area (Å²) in [6, 6.07) is 29.3. The number of aryl methyl sites for hydroxylation is 2. The largest absolute Gasteiger partial charge is 0.286 e. The van der Waals surface area contributed by atoms with Gasteiger partial charge in [-0.05, 0) is 53.6 Å². The highest BCUT2D eigenvalue weighted by Gasteiger charge is 2.16. The fraction of sp³-hybridized carbons (Fsp3) is 0.0541. The van der Waals surface area contributed by atoms with Crippen LogP contribution < -0.4 is 20.0 Å². The topological polar surface area (TPSA) is 112 Å². The molecule has 5 aromatic heterocycles. The van der Waals surface area contributed by atoms with Crippen molar-refractivity contribution in [2.75, 3.05) is 0 Å². The number of hydrogen-bond donors (Lipinski definition) is 2. The fourth-order valence-corrected chi connectivity index (χ4v) is 5.53. The highest BCUT2D eigenvalue weighted by molar-refractivity contribution is 5.99. The van der Waals surface area contributed by atoms with Gasteiger partial charge < -0.3 is 0 Å². The third kappa shape index (κ3) is 6.07. The number of nitrogens with one attached hydrogen (secondary N) is 2. The van der Waals surface area contributed by atoms with E-state index in [1.807, 2.05) is 99.3 Å². The molecule has 0 fully saturated rings. The van der Waals surface area contributed by atoms with Crippen LogP contribution in [0.25, 0.3) is 33.8 Å². The molecule has 0 saturated carbocycles. The minimum atomic E-state index is -0.495. The van der Waals surface area contributed by atoms with E-state index in [0.717, 1.165) is 44.9 Å². The second-order valence-corrected chi connectivity index (χ2v) is 11.2. The van der Waals surface area contributed by atoms with Crippen LogP contribution in [-0.4, -0.2) is 38.0 Å². The Hall–Kier alpha value is -6.75. The Labute approximate surface area is 275 Å². The molecule has 0 aliphatic heterocycles. The van der Waals surface area contributed by atoms with Gasteiger partial charge in [0.1, 0.15) is 12.4 Å². The summed E-state index contributed by atoms with van der Waals surface area (Å²) in [4.78, 5) is 29.5. The average molecular weight is 634 g/mol. The zero-order valence-electron chi connectivity index (χ0n) is 26.2. The van der Waals surface area contributed by atoms with Crippen LogP contribution in [0.5, 0.6) is 0 Å². The van der Waals surface area contributed by atoms with E-state index in [2.05, 4.69) is 68.5 Å². The van der Waals surface area contributed by atoms with Gasteiger partial charge in [-0.25, -0.2) is 28.8 Å². The quantitative estimate of drug-likeness (QED) is 0.149. The third-order valence-corrected chi connectivity index (χ3v) is 8.10. The lowest BCUT2D eigenvalue weighted by Crippen LogP contribution is -2.29. The Balaban J connectivity index is 0.940. The standard InChI is InChI=1S/C37H29N9O2/c1-43-32(24-45-17-5-3-7-34(43)45)28-13-9-26(10-14-28)20-39-41-36(47)30-19-31(23-38-22-30)37(48)42-40-21-27-11-15-29(16-12-27)33-25-46-18-6-4-8-35(46)44(33)2/h3-25H,1-2H3/p+2/b39-20-,40-21-. The first-order chi connectivity index (χ1) is 23.4. The lowest BCUT2D eigenvalue weighted by molar-refractivity contribution is -0.633. The maximum Gasteiger partial charge on any atom is 0.286 e. The van der Waals surface area contributed by atoms with Crippen molar-refractivity contribution < 1.29 is 18.7 Å². The number of nitrogens with zero attached hydrogens (tertiary/aromatic N) is 7. The Morgan fingerprint density at radius 1 is 0.646 bits per heavy atom. The van der Waals surface area contributed by atoms with Crippen LogP contribution in [0.1, 0.15) is 31.8 Å². The number of hydrazone groups is 2. The molecule has 7 aromatic rings. The van der Waals surface area contributed by atoms with Crippen molar-refractivity contribution in [1.82, 2.24) is 24.6 Å². The molecule has 48 heavy (non-hydrogen) atoms. The summed E-state index contributed by atoms with van der Waals surface area (Å²) in [6.45, 7) is 0. The van der Waals surface area contributed by atoms with Gasteiger partial charge in [0.05, 0.1) is 50.0 Å². The number of fused-ring (bicyclic) bond motifs is 2. The minimum absolute atomic E-state index is 0.189. The first-order valence-electron chi connectivity index (χ1n) is 15.2. The van der Waals surface area contributed by atoms with E-state index in [9.17, 15) is 9.59 Å². The maximum absolute atomic E-state index is 12.7. The average Bonchev–Trinajstić information content (AvgIpc) is 3.65. The van der Waals surface area contributed by atoms with Crippen LogP contribution in [-0.2, 0) is 14.1 Å². The highest BCUT2D eigenvalue weighted by atomic mass is 16.2. The molecule has 0 radical (unpaired) electrons. The summed E-state index contributed by atoms with van der Waals surface area (Å²) in [5, 5.41) is 8.17. The number of hydrogen-bond acceptors (Lipinski definition) is 5. The van der Waals surface area contributed by atoms with E-state index < -0.39 is 11.8 Å². The Morgan fingerprint density at radius 3 is 1.50 bits per heavy atom. The van der Waals surface area contributed by atoms with Gasteiger partial charge in [-0.3, -0.25) is 14.6 Å². The van der Waals surface area contributed by atoms with E-state index in [1.165, 1.54) is 18.5 Å². The predicted molar refractivity (Wildman–Crippen MR) is 182 cm³/mol. The molecule has 0 bridgehead atoms. The molecule has 2 N–H and O–H groups in total. The van der Waals surface area contributed by atoms with Gasteiger partial charge >= 0.3 is 0 Å². The Morgan fingerprint density at radius 2 is 1.08 bits per heavy atom. The van der Waals surface area contributed by atoms with Gasteiger partial charge in [-0.15, -0.1) is 0 Å². The second-order valence-electron chi connectivity index (χ2n) is 11.2. The van der Waals surface area contributed by atoms with Crippen molar-refractivity contribution in [1.29, 1.82) is 0 Å². The molecule has 0 saturated heterocycles. The minimum Gasteiger partial charge on any atom is -0.267 e. The number of amides is 2. The first-order valence-corrected chi connectivity index (χ1v) is 15.2. The van der Waals surface area contributed by atoms with E-state index in [4.69, 9.17) is 0 Å². The van der Waals surface area contributed by atoms with Crippen molar-refractivity contribution in [2.24, 2.45) is 24.3 Å². The van der Waals surface area contributed by atoms with Crippen LogP contribution in [0.15, 0.2) is 138 Å². The van der Waals surface area contributed by atoms with E-state index in [1.54, 1.807) is 12.4 Å². The molecule has 0 atom stereocenters. The van der Waals surface area contributed by atoms with Crippen molar-refractivity contribution in [3.05, 3.63) is 150 Å². The molecule has 0 unspecified atom stereocenters. The van der Waals surface area contributed by atoms with Gasteiger partial charge in [0, 0.05) is 35.7 Å². The predicted octanol–water partition coefficient (Wildman–Crippen LogP) is 4.10. The van der Waals surface area contributed by atoms with Gasteiger partial charge in [-0.1, -0.05) is 36.4 Å². The molecule has 2 aromatic carbocycles. The van der Waals surface area contributed by atoms with Gasteiger partial charge in [-0.2, -0.15) is 10.2 Å². The summed E-state index contributed by atoms with van der Waals surface area (Å²) >= 11 is 0. The number of carbonyl (C=O) groups is 2. The zero-order valence-corrected chi connectivity index (χ0v) is 26.2. The fourth-order valence-electron chi connectivity index (χ4n) is 5.53. The number of benzene rings is 2. The lowest BCUT2D eigenvalue weighted by atomic mass is 10.1. The maximum atomic E-state index is 12.7.